The van der Waals surface area contributed by atoms with Gasteiger partial charge < -0.3 is 10.1 Å². The van der Waals surface area contributed by atoms with Crippen LogP contribution in [0.25, 0.3) is 0 Å². The highest BCUT2D eigenvalue weighted by atomic mass is 35.5. The minimum atomic E-state index is 0. The number of ether oxygens (including phenoxy) is 1. The minimum Gasteiger partial charge on any atom is -0.494 e. The molecule has 4 nitrogen and oxygen atoms in total. The maximum atomic E-state index is 10.4. The van der Waals surface area contributed by atoms with E-state index in [9.17, 15) is 4.79 Å². The van der Waals surface area contributed by atoms with E-state index in [2.05, 4.69) is 16.4 Å². The molecule has 98 valence electrons. The normalized spacial score (nSPS) is 15.4. The topological polar surface area (TPSA) is 50.7 Å². The Morgan fingerprint density at radius 2 is 2.11 bits per heavy atom. The summed E-state index contributed by atoms with van der Waals surface area (Å²) in [5.74, 6) is 1.19. The van der Waals surface area contributed by atoms with Gasteiger partial charge in [0.25, 0.3) is 0 Å². The highest BCUT2D eigenvalue weighted by molar-refractivity contribution is 5.85. The molecule has 0 bridgehead atoms. The molecule has 0 amide bonds. The quantitative estimate of drug-likeness (QED) is 0.677. The highest BCUT2D eigenvalue weighted by Gasteiger charge is 2.20. The Morgan fingerprint density at radius 1 is 1.39 bits per heavy atom. The third-order valence-corrected chi connectivity index (χ3v) is 3.17. The highest BCUT2D eigenvalue weighted by Crippen LogP contribution is 2.38. The molecule has 0 aliphatic carbocycles. The van der Waals surface area contributed by atoms with Gasteiger partial charge in [0, 0.05) is 0 Å². The van der Waals surface area contributed by atoms with Crippen molar-refractivity contribution in [2.75, 3.05) is 20.2 Å². The Morgan fingerprint density at radius 3 is 2.72 bits per heavy atom. The zero-order valence-corrected chi connectivity index (χ0v) is 11.1. The van der Waals surface area contributed by atoms with E-state index in [4.69, 9.17) is 4.74 Å². The molecule has 1 aliphatic rings. The fraction of sp³-hybridized carbons (Fsp3) is 0.462. The number of piperidine rings is 1. The van der Waals surface area contributed by atoms with Crippen molar-refractivity contribution in [3.63, 3.8) is 0 Å². The van der Waals surface area contributed by atoms with Gasteiger partial charge in [0.2, 0.25) is 6.08 Å². The number of para-hydroxylation sites is 1. The average Bonchev–Trinajstić information content (AvgIpc) is 2.40. The van der Waals surface area contributed by atoms with Crippen molar-refractivity contribution in [1.82, 2.24) is 5.32 Å². The van der Waals surface area contributed by atoms with Gasteiger partial charge in [0.05, 0.1) is 7.11 Å². The SMILES string of the molecule is COc1c(N=C=O)cccc1C1CCNCC1.Cl. The van der Waals surface area contributed by atoms with E-state index in [-0.39, 0.29) is 12.4 Å². The van der Waals surface area contributed by atoms with Gasteiger partial charge in [-0.25, -0.2) is 4.79 Å². The summed E-state index contributed by atoms with van der Waals surface area (Å²) in [5, 5.41) is 3.34. The smallest absolute Gasteiger partial charge is 0.240 e. The third-order valence-electron chi connectivity index (χ3n) is 3.17. The molecule has 1 fully saturated rings. The summed E-state index contributed by atoms with van der Waals surface area (Å²) in [6.45, 7) is 2.05. The van der Waals surface area contributed by atoms with Crippen LogP contribution in [0.4, 0.5) is 5.69 Å². The Bertz CT molecular complexity index is 439. The first-order valence-corrected chi connectivity index (χ1v) is 5.82. The molecule has 2 rings (SSSR count). The molecule has 0 saturated carbocycles. The van der Waals surface area contributed by atoms with Crippen LogP contribution in [0.5, 0.6) is 5.75 Å². The molecule has 1 aromatic rings. The molecule has 5 heteroatoms. The van der Waals surface area contributed by atoms with Crippen molar-refractivity contribution >= 4 is 24.2 Å². The van der Waals surface area contributed by atoms with Gasteiger partial charge in [-0.15, -0.1) is 12.4 Å². The number of methoxy groups -OCH3 is 1. The maximum absolute atomic E-state index is 10.4. The largest absolute Gasteiger partial charge is 0.494 e. The van der Waals surface area contributed by atoms with Crippen molar-refractivity contribution in [2.45, 2.75) is 18.8 Å². The first-order chi connectivity index (χ1) is 8.36. The van der Waals surface area contributed by atoms with Crippen LogP contribution in [0.15, 0.2) is 23.2 Å². The first-order valence-electron chi connectivity index (χ1n) is 5.82. The fourth-order valence-corrected chi connectivity index (χ4v) is 2.36. The molecular weight excluding hydrogens is 252 g/mol. The van der Waals surface area contributed by atoms with Crippen LogP contribution in [0, 0.1) is 0 Å². The summed E-state index contributed by atoms with van der Waals surface area (Å²) in [7, 11) is 1.61. The van der Waals surface area contributed by atoms with Crippen LogP contribution in [-0.2, 0) is 4.79 Å². The van der Waals surface area contributed by atoms with Gasteiger partial charge >= 0.3 is 0 Å². The number of hydrogen-bond acceptors (Lipinski definition) is 4. The number of nitrogens with one attached hydrogen (secondary N) is 1. The van der Waals surface area contributed by atoms with Gasteiger partial charge in [0.1, 0.15) is 11.4 Å². The summed E-state index contributed by atoms with van der Waals surface area (Å²) in [4.78, 5) is 14.1. The standard InChI is InChI=1S/C13H16N2O2.ClH/c1-17-13-11(10-5-7-14-8-6-10)3-2-4-12(13)15-9-16;/h2-4,10,14H,5-8H2,1H3;1H. The maximum Gasteiger partial charge on any atom is 0.240 e. The van der Waals surface area contributed by atoms with E-state index in [1.807, 2.05) is 6.07 Å². The zero-order valence-electron chi connectivity index (χ0n) is 10.3. The number of hydrogen-bond donors (Lipinski definition) is 1. The molecule has 0 aromatic heterocycles. The Balaban J connectivity index is 0.00000162. The number of benzene rings is 1. The van der Waals surface area contributed by atoms with Gasteiger partial charge in [-0.2, -0.15) is 4.99 Å². The fourth-order valence-electron chi connectivity index (χ4n) is 2.36. The van der Waals surface area contributed by atoms with Crippen LogP contribution < -0.4 is 10.1 Å². The van der Waals surface area contributed by atoms with Crippen molar-refractivity contribution in [2.24, 2.45) is 4.99 Å². The van der Waals surface area contributed by atoms with Crippen LogP contribution in [0.2, 0.25) is 0 Å². The predicted molar refractivity (Wildman–Crippen MR) is 72.9 cm³/mol. The van der Waals surface area contributed by atoms with Crippen LogP contribution in [0.1, 0.15) is 24.3 Å². The Hall–Kier alpha value is -1.35. The Labute approximate surface area is 113 Å². The van der Waals surface area contributed by atoms with Gasteiger partial charge in [0.15, 0.2) is 0 Å². The van der Waals surface area contributed by atoms with Crippen LogP contribution in [-0.4, -0.2) is 26.3 Å². The number of rotatable bonds is 3. The average molecular weight is 269 g/mol. The van der Waals surface area contributed by atoms with Crippen molar-refractivity contribution in [3.8, 4) is 5.75 Å². The van der Waals surface area contributed by atoms with Crippen molar-refractivity contribution < 1.29 is 9.53 Å². The van der Waals surface area contributed by atoms with E-state index in [0.717, 1.165) is 31.5 Å². The summed E-state index contributed by atoms with van der Waals surface area (Å²) in [6.07, 6.45) is 3.75. The lowest BCUT2D eigenvalue weighted by molar-refractivity contribution is 0.393. The van der Waals surface area contributed by atoms with E-state index in [1.54, 1.807) is 19.3 Å². The molecule has 0 spiro atoms. The van der Waals surface area contributed by atoms with Crippen LogP contribution >= 0.6 is 12.4 Å². The molecule has 1 saturated heterocycles. The number of halogens is 1. The van der Waals surface area contributed by atoms with Crippen molar-refractivity contribution in [3.05, 3.63) is 23.8 Å². The van der Waals surface area contributed by atoms with E-state index >= 15 is 0 Å². The van der Waals surface area contributed by atoms with Crippen LogP contribution in [0.3, 0.4) is 0 Å². The molecule has 1 aliphatic heterocycles. The van der Waals surface area contributed by atoms with Gasteiger partial charge in [-0.3, -0.25) is 0 Å². The van der Waals surface area contributed by atoms with E-state index < -0.39 is 0 Å². The first kappa shape index (κ1) is 14.7. The van der Waals surface area contributed by atoms with E-state index in [0.29, 0.717) is 17.4 Å². The van der Waals surface area contributed by atoms with E-state index in [1.165, 1.54) is 0 Å². The summed E-state index contributed by atoms with van der Waals surface area (Å²) in [5.41, 5.74) is 1.71. The molecular formula is C13H17ClN2O2. The molecule has 0 radical (unpaired) electrons. The predicted octanol–water partition coefficient (Wildman–Crippen LogP) is 2.55. The second-order valence-corrected chi connectivity index (χ2v) is 4.13. The lowest BCUT2D eigenvalue weighted by Gasteiger charge is -2.24. The second-order valence-electron chi connectivity index (χ2n) is 4.13. The lowest BCUT2D eigenvalue weighted by atomic mass is 9.89. The van der Waals surface area contributed by atoms with Crippen molar-refractivity contribution in [1.29, 1.82) is 0 Å². The van der Waals surface area contributed by atoms with Gasteiger partial charge in [-0.05, 0) is 43.5 Å². The monoisotopic (exact) mass is 268 g/mol. The molecule has 0 atom stereocenters. The van der Waals surface area contributed by atoms with Gasteiger partial charge in [-0.1, -0.05) is 12.1 Å². The summed E-state index contributed by atoms with van der Waals surface area (Å²) in [6, 6.07) is 5.74. The molecule has 18 heavy (non-hydrogen) atoms. The minimum absolute atomic E-state index is 0. The molecule has 1 heterocycles. The Kier molecular flexibility index (Phi) is 5.86. The molecule has 1 aromatic carbocycles. The third kappa shape index (κ3) is 3.10. The second kappa shape index (κ2) is 7.17. The number of aliphatic imine (C=N–C) groups is 1. The summed E-state index contributed by atoms with van der Waals surface area (Å²) >= 11 is 0. The molecule has 1 N–H and O–H groups in total. The number of isocyanates is 1. The summed E-state index contributed by atoms with van der Waals surface area (Å²) < 4.78 is 5.39. The molecule has 0 unspecified atom stereocenters. The zero-order chi connectivity index (χ0) is 12.1. The number of carbonyl (C=O) groups excluding carboxylic acids is 1. The number of nitrogens with zero attached hydrogens (tertiary/aromatic N) is 1. The lowest BCUT2D eigenvalue weighted by Crippen LogP contribution is -2.26.